The number of thioether (sulfide) groups is 1. The standard InChI is InChI=1S/C17H20N2O4S.C8H18N2O2/c1-10-4-5-19(9-10)12-8-14(23-3)13(22-2)6-11(12)7-15-16(20)18-17(21)24-15;1-8(2,3)12-7(11)10-6-4-5-9/h6-8,10H,4-5,9H2,1-3H3,(H,18,20,21);4-6,9H2,1-3H3,(H,10,11)/b15-7-;/t10-;/m1./s1. The maximum Gasteiger partial charge on any atom is 0.407 e. The molecule has 2 aliphatic heterocycles. The number of nitrogens with two attached hydrogens (primary N) is 1. The quantitative estimate of drug-likeness (QED) is 0.362. The number of nitrogens with one attached hydrogen (secondary N) is 2. The Bertz CT molecular complexity index is 976. The predicted octanol–water partition coefficient (Wildman–Crippen LogP) is 3.73. The monoisotopic (exact) mass is 522 g/mol. The number of nitrogens with zero attached hydrogens (tertiary/aromatic N) is 1. The van der Waals surface area contributed by atoms with Crippen molar-refractivity contribution in [3.63, 3.8) is 0 Å². The Morgan fingerprint density at radius 1 is 1.25 bits per heavy atom. The van der Waals surface area contributed by atoms with Crippen LogP contribution in [0.15, 0.2) is 17.0 Å². The van der Waals surface area contributed by atoms with Gasteiger partial charge >= 0.3 is 6.09 Å². The summed E-state index contributed by atoms with van der Waals surface area (Å²) in [6.45, 7) is 10.8. The van der Waals surface area contributed by atoms with Crippen LogP contribution in [0.5, 0.6) is 11.5 Å². The van der Waals surface area contributed by atoms with Crippen LogP contribution in [0.25, 0.3) is 6.08 Å². The Kier molecular flexibility index (Phi) is 10.9. The Balaban J connectivity index is 0.000000324. The molecule has 3 amide bonds. The molecule has 10 nitrogen and oxygen atoms in total. The number of ether oxygens (including phenoxy) is 3. The summed E-state index contributed by atoms with van der Waals surface area (Å²) in [7, 11) is 3.18. The van der Waals surface area contributed by atoms with Gasteiger partial charge in [-0.25, -0.2) is 4.79 Å². The van der Waals surface area contributed by atoms with Gasteiger partial charge in [0, 0.05) is 37.0 Å². The lowest BCUT2D eigenvalue weighted by Gasteiger charge is -2.23. The molecule has 3 rings (SSSR count). The number of benzene rings is 1. The second kappa shape index (κ2) is 13.4. The van der Waals surface area contributed by atoms with E-state index in [9.17, 15) is 14.4 Å². The second-order valence-corrected chi connectivity index (χ2v) is 10.5. The third kappa shape index (κ3) is 8.94. The van der Waals surface area contributed by atoms with Gasteiger partial charge in [-0.3, -0.25) is 14.9 Å². The molecule has 0 radical (unpaired) electrons. The number of hydrogen-bond donors (Lipinski definition) is 3. The highest BCUT2D eigenvalue weighted by Gasteiger charge is 2.27. The number of methoxy groups -OCH3 is 2. The highest BCUT2D eigenvalue weighted by molar-refractivity contribution is 8.18. The second-order valence-electron chi connectivity index (χ2n) is 9.53. The van der Waals surface area contributed by atoms with E-state index in [1.807, 2.05) is 32.9 Å². The summed E-state index contributed by atoms with van der Waals surface area (Å²) >= 11 is 0.915. The summed E-state index contributed by atoms with van der Waals surface area (Å²) in [5, 5.41) is 4.54. The predicted molar refractivity (Wildman–Crippen MR) is 143 cm³/mol. The van der Waals surface area contributed by atoms with E-state index in [0.29, 0.717) is 35.4 Å². The summed E-state index contributed by atoms with van der Waals surface area (Å²) in [5.74, 6) is 1.49. The molecule has 4 N–H and O–H groups in total. The van der Waals surface area contributed by atoms with Gasteiger partial charge in [0.1, 0.15) is 5.60 Å². The molecule has 0 unspecified atom stereocenters. The van der Waals surface area contributed by atoms with Crippen molar-refractivity contribution in [1.29, 1.82) is 0 Å². The van der Waals surface area contributed by atoms with Crippen LogP contribution in [0.3, 0.4) is 0 Å². The van der Waals surface area contributed by atoms with Crippen molar-refractivity contribution in [2.75, 3.05) is 45.3 Å². The average Bonchev–Trinajstić information content (AvgIpc) is 3.36. The van der Waals surface area contributed by atoms with E-state index in [-0.39, 0.29) is 17.2 Å². The number of amides is 3. The number of carbonyl (C=O) groups is 3. The van der Waals surface area contributed by atoms with Crippen LogP contribution in [0.2, 0.25) is 0 Å². The molecule has 0 spiro atoms. The topological polar surface area (TPSA) is 132 Å². The van der Waals surface area contributed by atoms with Crippen LogP contribution >= 0.6 is 11.8 Å². The molecule has 1 atom stereocenters. The smallest absolute Gasteiger partial charge is 0.407 e. The molecule has 0 aromatic heterocycles. The van der Waals surface area contributed by atoms with E-state index in [4.69, 9.17) is 19.9 Å². The Hall–Kier alpha value is -2.92. The summed E-state index contributed by atoms with van der Waals surface area (Å²) in [6.07, 6.45) is 3.26. The lowest BCUT2D eigenvalue weighted by Crippen LogP contribution is -2.33. The van der Waals surface area contributed by atoms with Gasteiger partial charge in [0.05, 0.1) is 19.1 Å². The fourth-order valence-corrected chi connectivity index (χ4v) is 4.27. The molecule has 36 heavy (non-hydrogen) atoms. The molecule has 2 heterocycles. The van der Waals surface area contributed by atoms with Gasteiger partial charge in [0.25, 0.3) is 11.1 Å². The fraction of sp³-hybridized carbons (Fsp3) is 0.560. The molecule has 2 saturated heterocycles. The zero-order chi connectivity index (χ0) is 26.9. The minimum Gasteiger partial charge on any atom is -0.493 e. The summed E-state index contributed by atoms with van der Waals surface area (Å²) in [4.78, 5) is 36.9. The third-order valence-electron chi connectivity index (χ3n) is 5.28. The molecule has 2 fully saturated rings. The van der Waals surface area contributed by atoms with E-state index >= 15 is 0 Å². The molecule has 0 saturated carbocycles. The minimum absolute atomic E-state index is 0.344. The van der Waals surface area contributed by atoms with Gasteiger partial charge in [-0.2, -0.15) is 0 Å². The van der Waals surface area contributed by atoms with Crippen LogP contribution in [-0.2, 0) is 9.53 Å². The number of hydrogen-bond acceptors (Lipinski definition) is 9. The number of rotatable bonds is 7. The van der Waals surface area contributed by atoms with Gasteiger partial charge in [0.15, 0.2) is 11.5 Å². The van der Waals surface area contributed by atoms with Crippen LogP contribution in [0, 0.1) is 5.92 Å². The van der Waals surface area contributed by atoms with Crippen molar-refractivity contribution in [3.05, 3.63) is 22.6 Å². The number of carbonyl (C=O) groups excluding carboxylic acids is 3. The summed E-state index contributed by atoms with van der Waals surface area (Å²) in [6, 6.07) is 3.78. The maximum atomic E-state index is 11.9. The van der Waals surface area contributed by atoms with Gasteiger partial charge in [-0.15, -0.1) is 0 Å². The first-order chi connectivity index (χ1) is 17.0. The van der Waals surface area contributed by atoms with Gasteiger partial charge in [0.2, 0.25) is 0 Å². The number of alkyl carbamates (subject to hydrolysis) is 1. The van der Waals surface area contributed by atoms with Crippen molar-refractivity contribution in [3.8, 4) is 11.5 Å². The minimum atomic E-state index is -0.424. The first-order valence-corrected chi connectivity index (χ1v) is 12.7. The van der Waals surface area contributed by atoms with E-state index in [2.05, 4.69) is 22.5 Å². The normalized spacial score (nSPS) is 18.5. The highest BCUT2D eigenvalue weighted by atomic mass is 32.2. The van der Waals surface area contributed by atoms with Gasteiger partial charge in [-0.05, 0) is 70.0 Å². The molecule has 1 aromatic carbocycles. The Labute approximate surface area is 217 Å². The van der Waals surface area contributed by atoms with Crippen LogP contribution in [-0.4, -0.2) is 63.2 Å². The lowest BCUT2D eigenvalue weighted by atomic mass is 10.1. The first-order valence-electron chi connectivity index (χ1n) is 11.9. The fourth-order valence-electron chi connectivity index (χ4n) is 3.60. The average molecular weight is 523 g/mol. The lowest BCUT2D eigenvalue weighted by molar-refractivity contribution is -0.115. The molecular formula is C25H38N4O6S. The molecule has 0 bridgehead atoms. The number of anilines is 1. The Morgan fingerprint density at radius 2 is 1.92 bits per heavy atom. The molecule has 200 valence electrons. The van der Waals surface area contributed by atoms with Gasteiger partial charge < -0.3 is 30.2 Å². The highest BCUT2D eigenvalue weighted by Crippen LogP contribution is 2.39. The van der Waals surface area contributed by atoms with Crippen LogP contribution in [0.4, 0.5) is 15.3 Å². The van der Waals surface area contributed by atoms with Crippen molar-refractivity contribution >= 4 is 40.8 Å². The largest absolute Gasteiger partial charge is 0.493 e. The first kappa shape index (κ1) is 29.3. The van der Waals surface area contributed by atoms with Crippen molar-refractivity contribution in [1.82, 2.24) is 10.6 Å². The Morgan fingerprint density at radius 3 is 2.42 bits per heavy atom. The summed E-state index contributed by atoms with van der Waals surface area (Å²) < 4.78 is 15.8. The third-order valence-corrected chi connectivity index (χ3v) is 6.09. The van der Waals surface area contributed by atoms with E-state index in [1.54, 1.807) is 20.3 Å². The van der Waals surface area contributed by atoms with E-state index in [0.717, 1.165) is 48.9 Å². The van der Waals surface area contributed by atoms with E-state index < -0.39 is 5.60 Å². The zero-order valence-electron chi connectivity index (χ0n) is 21.9. The molecular weight excluding hydrogens is 484 g/mol. The summed E-state index contributed by atoms with van der Waals surface area (Å²) in [5.41, 5.74) is 6.65. The van der Waals surface area contributed by atoms with Crippen LogP contribution < -0.4 is 30.7 Å². The van der Waals surface area contributed by atoms with E-state index in [1.165, 1.54) is 0 Å². The van der Waals surface area contributed by atoms with Crippen molar-refractivity contribution < 1.29 is 28.6 Å². The number of imide groups is 1. The van der Waals surface area contributed by atoms with Crippen molar-refractivity contribution in [2.24, 2.45) is 11.7 Å². The molecule has 0 aliphatic carbocycles. The van der Waals surface area contributed by atoms with Gasteiger partial charge in [-0.1, -0.05) is 6.92 Å². The molecule has 2 aliphatic rings. The maximum absolute atomic E-state index is 11.9. The van der Waals surface area contributed by atoms with Crippen LogP contribution in [0.1, 0.15) is 46.1 Å². The molecule has 11 heteroatoms. The molecule has 1 aromatic rings. The SMILES string of the molecule is CC(C)(C)OC(=O)NCCCN.COc1cc(/C=C2\SC(=O)NC2=O)c(N2CC[C@@H](C)C2)cc1OC. The zero-order valence-corrected chi connectivity index (χ0v) is 22.8. The van der Waals surface area contributed by atoms with Crippen molar-refractivity contribution in [2.45, 2.75) is 46.1 Å².